The molecule has 1 aliphatic heterocycles. The fourth-order valence-electron chi connectivity index (χ4n) is 2.10. The Hall–Kier alpha value is -1.06. The summed E-state index contributed by atoms with van der Waals surface area (Å²) in [6.07, 6.45) is 2.26. The molecule has 0 aliphatic carbocycles. The van der Waals surface area contributed by atoms with E-state index < -0.39 is 11.1 Å². The highest BCUT2D eigenvalue weighted by Crippen LogP contribution is 2.30. The van der Waals surface area contributed by atoms with E-state index in [-0.39, 0.29) is 11.9 Å². The lowest BCUT2D eigenvalue weighted by Gasteiger charge is -2.43. The molecule has 1 aliphatic rings. The molecule has 1 amide bonds. The van der Waals surface area contributed by atoms with Gasteiger partial charge in [0.15, 0.2) is 5.78 Å². The zero-order valence-corrected chi connectivity index (χ0v) is 11.5. The first-order valence-corrected chi connectivity index (χ1v) is 6.18. The quantitative estimate of drug-likeness (QED) is 0.709. The van der Waals surface area contributed by atoms with Crippen molar-refractivity contribution >= 4 is 11.9 Å². The minimum absolute atomic E-state index is 0.0306. The monoisotopic (exact) mass is 241 g/mol. The van der Waals surface area contributed by atoms with E-state index in [4.69, 9.17) is 4.74 Å². The molecule has 17 heavy (non-hydrogen) atoms. The van der Waals surface area contributed by atoms with Crippen LogP contribution in [0.2, 0.25) is 0 Å². The molecule has 0 spiro atoms. The summed E-state index contributed by atoms with van der Waals surface area (Å²) in [7, 11) is 0. The SMILES string of the molecule is CC(=O)C1(C)CCCCN1C(=O)OC(C)(C)C. The third kappa shape index (κ3) is 3.20. The van der Waals surface area contributed by atoms with Crippen LogP contribution < -0.4 is 0 Å². The number of ether oxygens (including phenoxy) is 1. The van der Waals surface area contributed by atoms with E-state index >= 15 is 0 Å². The number of hydrogen-bond donors (Lipinski definition) is 0. The van der Waals surface area contributed by atoms with Crippen LogP contribution in [-0.2, 0) is 9.53 Å². The molecule has 0 N–H and O–H groups in total. The number of carbonyl (C=O) groups excluding carboxylic acids is 2. The molecule has 98 valence electrons. The van der Waals surface area contributed by atoms with Crippen LogP contribution in [0.1, 0.15) is 53.9 Å². The zero-order valence-electron chi connectivity index (χ0n) is 11.5. The molecular formula is C13H23NO3. The maximum atomic E-state index is 12.1. The summed E-state index contributed by atoms with van der Waals surface area (Å²) in [5.74, 6) is 0.0306. The Bertz CT molecular complexity index is 319. The van der Waals surface area contributed by atoms with E-state index in [1.165, 1.54) is 0 Å². The standard InChI is InChI=1S/C13H23NO3/c1-10(15)13(5)8-6-7-9-14(13)11(16)17-12(2,3)4/h6-9H2,1-5H3. The van der Waals surface area contributed by atoms with Gasteiger partial charge in [-0.1, -0.05) is 0 Å². The Morgan fingerprint density at radius 2 is 1.82 bits per heavy atom. The van der Waals surface area contributed by atoms with Gasteiger partial charge in [0, 0.05) is 6.54 Å². The number of likely N-dealkylation sites (tertiary alicyclic amines) is 1. The van der Waals surface area contributed by atoms with Gasteiger partial charge < -0.3 is 4.74 Å². The first kappa shape index (κ1) is 14.0. The third-order valence-corrected chi connectivity index (χ3v) is 3.26. The molecule has 4 nitrogen and oxygen atoms in total. The van der Waals surface area contributed by atoms with Gasteiger partial charge in [0.05, 0.1) is 0 Å². The predicted molar refractivity (Wildman–Crippen MR) is 65.9 cm³/mol. The number of rotatable bonds is 1. The van der Waals surface area contributed by atoms with Crippen LogP contribution in [-0.4, -0.2) is 34.5 Å². The lowest BCUT2D eigenvalue weighted by Crippen LogP contribution is -2.57. The van der Waals surface area contributed by atoms with Gasteiger partial charge in [0.2, 0.25) is 0 Å². The Balaban J connectivity index is 2.86. The van der Waals surface area contributed by atoms with Crippen molar-refractivity contribution in [3.63, 3.8) is 0 Å². The molecule has 1 saturated heterocycles. The predicted octanol–water partition coefficient (Wildman–Crippen LogP) is 2.76. The molecule has 1 heterocycles. The highest BCUT2D eigenvalue weighted by Gasteiger charge is 2.42. The minimum Gasteiger partial charge on any atom is -0.444 e. The lowest BCUT2D eigenvalue weighted by atomic mass is 9.85. The highest BCUT2D eigenvalue weighted by atomic mass is 16.6. The van der Waals surface area contributed by atoms with E-state index in [0.29, 0.717) is 6.54 Å². The minimum atomic E-state index is -0.694. The summed E-state index contributed by atoms with van der Waals surface area (Å²) >= 11 is 0. The summed E-state index contributed by atoms with van der Waals surface area (Å²) in [6.45, 7) is 9.48. The number of piperidine rings is 1. The average molecular weight is 241 g/mol. The van der Waals surface area contributed by atoms with Gasteiger partial charge >= 0.3 is 6.09 Å². The molecule has 0 aromatic carbocycles. The van der Waals surface area contributed by atoms with Gasteiger partial charge in [-0.05, 0) is 53.9 Å². The van der Waals surface area contributed by atoms with E-state index in [0.717, 1.165) is 19.3 Å². The summed E-state index contributed by atoms with van der Waals surface area (Å²) in [5.41, 5.74) is -1.22. The average Bonchev–Trinajstić information content (AvgIpc) is 2.15. The van der Waals surface area contributed by atoms with E-state index in [1.807, 2.05) is 27.7 Å². The number of amides is 1. The summed E-state index contributed by atoms with van der Waals surface area (Å²) < 4.78 is 5.36. The Morgan fingerprint density at radius 1 is 1.24 bits per heavy atom. The maximum Gasteiger partial charge on any atom is 0.411 e. The van der Waals surface area contributed by atoms with Crippen LogP contribution >= 0.6 is 0 Å². The summed E-state index contributed by atoms with van der Waals surface area (Å²) in [6, 6.07) is 0. The molecule has 0 aromatic rings. The topological polar surface area (TPSA) is 46.6 Å². The fraction of sp³-hybridized carbons (Fsp3) is 0.846. The fourth-order valence-corrected chi connectivity index (χ4v) is 2.10. The molecule has 0 aromatic heterocycles. The van der Waals surface area contributed by atoms with Crippen LogP contribution in [0, 0.1) is 0 Å². The van der Waals surface area contributed by atoms with Crippen molar-refractivity contribution in [1.29, 1.82) is 0 Å². The Morgan fingerprint density at radius 3 is 2.29 bits per heavy atom. The smallest absolute Gasteiger partial charge is 0.411 e. The first-order chi connectivity index (χ1) is 7.67. The second-order valence-electron chi connectivity index (χ2n) is 5.92. The molecule has 0 saturated carbocycles. The number of ketones is 1. The summed E-state index contributed by atoms with van der Waals surface area (Å²) in [5, 5.41) is 0. The number of nitrogens with zero attached hydrogens (tertiary/aromatic N) is 1. The van der Waals surface area contributed by atoms with Gasteiger partial charge in [0.1, 0.15) is 11.1 Å². The molecule has 0 bridgehead atoms. The van der Waals surface area contributed by atoms with Crippen LogP contribution in [0.5, 0.6) is 0 Å². The van der Waals surface area contributed by atoms with Gasteiger partial charge in [-0.15, -0.1) is 0 Å². The van der Waals surface area contributed by atoms with Gasteiger partial charge in [0.25, 0.3) is 0 Å². The van der Waals surface area contributed by atoms with Gasteiger partial charge in [-0.3, -0.25) is 9.69 Å². The Labute approximate surface area is 103 Å². The van der Waals surface area contributed by atoms with Crippen LogP contribution in [0.4, 0.5) is 4.79 Å². The van der Waals surface area contributed by atoms with Crippen molar-refractivity contribution < 1.29 is 14.3 Å². The molecule has 0 radical (unpaired) electrons. The normalized spacial score (nSPS) is 25.6. The van der Waals surface area contributed by atoms with Crippen LogP contribution in [0.3, 0.4) is 0 Å². The highest BCUT2D eigenvalue weighted by molar-refractivity contribution is 5.89. The number of Topliss-reactive ketones (excluding diaryl/α,β-unsaturated/α-hetero) is 1. The first-order valence-electron chi connectivity index (χ1n) is 6.18. The molecular weight excluding hydrogens is 218 g/mol. The Kier molecular flexibility index (Phi) is 3.84. The summed E-state index contributed by atoms with van der Waals surface area (Å²) in [4.78, 5) is 25.4. The van der Waals surface area contributed by atoms with Crippen molar-refractivity contribution in [3.05, 3.63) is 0 Å². The largest absolute Gasteiger partial charge is 0.444 e. The van der Waals surface area contributed by atoms with Gasteiger partial charge in [-0.25, -0.2) is 4.79 Å². The van der Waals surface area contributed by atoms with Crippen molar-refractivity contribution in [2.24, 2.45) is 0 Å². The van der Waals surface area contributed by atoms with E-state index in [1.54, 1.807) is 11.8 Å². The van der Waals surface area contributed by atoms with Crippen molar-refractivity contribution in [2.45, 2.75) is 65.0 Å². The molecule has 1 fully saturated rings. The van der Waals surface area contributed by atoms with Crippen LogP contribution in [0.25, 0.3) is 0 Å². The van der Waals surface area contributed by atoms with Crippen molar-refractivity contribution in [1.82, 2.24) is 4.90 Å². The third-order valence-electron chi connectivity index (χ3n) is 3.26. The molecule has 1 atom stereocenters. The van der Waals surface area contributed by atoms with Gasteiger partial charge in [-0.2, -0.15) is 0 Å². The number of hydrogen-bond acceptors (Lipinski definition) is 3. The van der Waals surface area contributed by atoms with Crippen molar-refractivity contribution in [3.8, 4) is 0 Å². The number of carbonyl (C=O) groups is 2. The molecule has 1 unspecified atom stereocenters. The van der Waals surface area contributed by atoms with Crippen LogP contribution in [0.15, 0.2) is 0 Å². The second kappa shape index (κ2) is 4.67. The molecule has 1 rings (SSSR count). The van der Waals surface area contributed by atoms with E-state index in [9.17, 15) is 9.59 Å². The van der Waals surface area contributed by atoms with Crippen molar-refractivity contribution in [2.75, 3.05) is 6.54 Å². The maximum absolute atomic E-state index is 12.1. The second-order valence-corrected chi connectivity index (χ2v) is 5.92. The van der Waals surface area contributed by atoms with E-state index in [2.05, 4.69) is 0 Å². The lowest BCUT2D eigenvalue weighted by molar-refractivity contribution is -0.130. The zero-order chi connectivity index (χ0) is 13.3. The molecule has 4 heteroatoms.